The molecule has 1 rings (SSSR count). The molecule has 0 unspecified atom stereocenters. The lowest BCUT2D eigenvalue weighted by atomic mass is 9.67. The van der Waals surface area contributed by atoms with Crippen LogP contribution in [-0.4, -0.2) is 28.4 Å². The van der Waals surface area contributed by atoms with Crippen LogP contribution in [0.2, 0.25) is 0 Å². The molecule has 1 saturated carbocycles. The van der Waals surface area contributed by atoms with E-state index in [1.165, 1.54) is 0 Å². The van der Waals surface area contributed by atoms with Gasteiger partial charge in [-0.15, -0.1) is 0 Å². The minimum Gasteiger partial charge on any atom is -0.392 e. The Morgan fingerprint density at radius 3 is 2.31 bits per heavy atom. The second-order valence-electron chi connectivity index (χ2n) is 4.89. The highest BCUT2D eigenvalue weighted by molar-refractivity contribution is 7.80. The maximum absolute atomic E-state index is 12.5. The van der Waals surface area contributed by atoms with Crippen molar-refractivity contribution in [2.75, 3.05) is 6.54 Å². The molecule has 0 aromatic heterocycles. The molecule has 1 fully saturated rings. The summed E-state index contributed by atoms with van der Waals surface area (Å²) in [6.07, 6.45) is 3.68. The zero-order valence-corrected chi connectivity index (χ0v) is 11.3. The van der Waals surface area contributed by atoms with Crippen molar-refractivity contribution in [3.05, 3.63) is 0 Å². The minimum atomic E-state index is -0.519. The Balaban J connectivity index is 2.84. The monoisotopic (exact) mass is 242 g/mol. The molecule has 2 N–H and O–H groups in total. The molecule has 3 nitrogen and oxygen atoms in total. The zero-order valence-electron chi connectivity index (χ0n) is 10.5. The maximum Gasteiger partial charge on any atom is 0.235 e. The second kappa shape index (κ2) is 5.13. The summed E-state index contributed by atoms with van der Waals surface area (Å²) >= 11 is 5.08. The van der Waals surface area contributed by atoms with Gasteiger partial charge in [0.1, 0.15) is 0 Å². The van der Waals surface area contributed by atoms with Crippen molar-refractivity contribution < 1.29 is 4.79 Å². The molecule has 1 aliphatic carbocycles. The molecule has 92 valence electrons. The Hall–Kier alpha value is -0.640. The molecule has 0 atom stereocenters. The number of nitrogens with two attached hydrogens (primary N) is 1. The van der Waals surface area contributed by atoms with Crippen LogP contribution in [0.25, 0.3) is 0 Å². The predicted octanol–water partition coefficient (Wildman–Crippen LogP) is 2.09. The molecule has 0 heterocycles. The van der Waals surface area contributed by atoms with E-state index < -0.39 is 5.41 Å². The Morgan fingerprint density at radius 1 is 1.50 bits per heavy atom. The highest BCUT2D eigenvalue weighted by Gasteiger charge is 2.49. The standard InChI is InChI=1S/C12H22N2OS/c1-4-8-14(9(2)3)11(15)12(10(13)16)6-5-7-12/h9H,4-8H2,1-3H3,(H2,13,16). The van der Waals surface area contributed by atoms with Crippen LogP contribution < -0.4 is 5.73 Å². The summed E-state index contributed by atoms with van der Waals surface area (Å²) in [4.78, 5) is 14.8. The molecule has 0 aromatic carbocycles. The van der Waals surface area contributed by atoms with Gasteiger partial charge in [0.05, 0.1) is 10.4 Å². The molecular formula is C12H22N2OS. The molecule has 0 saturated heterocycles. The zero-order chi connectivity index (χ0) is 12.3. The average molecular weight is 242 g/mol. The first-order valence-corrected chi connectivity index (χ1v) is 6.47. The van der Waals surface area contributed by atoms with Crippen molar-refractivity contribution in [2.45, 2.75) is 52.5 Å². The van der Waals surface area contributed by atoms with Crippen LogP contribution in [0.15, 0.2) is 0 Å². The highest BCUT2D eigenvalue weighted by Crippen LogP contribution is 2.43. The van der Waals surface area contributed by atoms with Crippen LogP contribution >= 0.6 is 12.2 Å². The highest BCUT2D eigenvalue weighted by atomic mass is 32.1. The quantitative estimate of drug-likeness (QED) is 0.751. The summed E-state index contributed by atoms with van der Waals surface area (Å²) in [5.74, 6) is 0.142. The molecule has 0 bridgehead atoms. The molecule has 0 radical (unpaired) electrons. The molecule has 0 aromatic rings. The van der Waals surface area contributed by atoms with Crippen LogP contribution in [0.1, 0.15) is 46.5 Å². The van der Waals surface area contributed by atoms with Gasteiger partial charge in [-0.05, 0) is 33.1 Å². The Labute approximate surface area is 103 Å². The Kier molecular flexibility index (Phi) is 4.30. The molecular weight excluding hydrogens is 220 g/mol. The van der Waals surface area contributed by atoms with Crippen LogP contribution in [-0.2, 0) is 4.79 Å². The summed E-state index contributed by atoms with van der Waals surface area (Å²) in [5, 5.41) is 0. The van der Waals surface area contributed by atoms with Gasteiger partial charge in [0.15, 0.2) is 0 Å². The normalized spacial score (nSPS) is 18.0. The number of thiocarbonyl (C=S) groups is 1. The van der Waals surface area contributed by atoms with E-state index in [-0.39, 0.29) is 11.9 Å². The van der Waals surface area contributed by atoms with Crippen molar-refractivity contribution in [3.8, 4) is 0 Å². The topological polar surface area (TPSA) is 46.3 Å². The van der Waals surface area contributed by atoms with Gasteiger partial charge in [0.25, 0.3) is 0 Å². The summed E-state index contributed by atoms with van der Waals surface area (Å²) in [6, 6.07) is 0.222. The smallest absolute Gasteiger partial charge is 0.235 e. The number of carbonyl (C=O) groups excluding carboxylic acids is 1. The largest absolute Gasteiger partial charge is 0.392 e. The molecule has 16 heavy (non-hydrogen) atoms. The van der Waals surface area contributed by atoms with E-state index in [0.717, 1.165) is 32.2 Å². The van der Waals surface area contributed by atoms with E-state index in [0.29, 0.717) is 4.99 Å². The van der Waals surface area contributed by atoms with Crippen molar-refractivity contribution in [2.24, 2.45) is 11.1 Å². The van der Waals surface area contributed by atoms with Crippen molar-refractivity contribution in [1.29, 1.82) is 0 Å². The summed E-state index contributed by atoms with van der Waals surface area (Å²) in [7, 11) is 0. The average Bonchev–Trinajstić information content (AvgIpc) is 2.10. The van der Waals surface area contributed by atoms with E-state index in [1.54, 1.807) is 0 Å². The van der Waals surface area contributed by atoms with E-state index in [4.69, 9.17) is 18.0 Å². The first-order chi connectivity index (χ1) is 7.45. The van der Waals surface area contributed by atoms with Gasteiger partial charge in [-0.1, -0.05) is 25.6 Å². The van der Waals surface area contributed by atoms with Gasteiger partial charge in [-0.25, -0.2) is 0 Å². The minimum absolute atomic E-state index is 0.142. The van der Waals surface area contributed by atoms with Gasteiger partial charge < -0.3 is 10.6 Å². The van der Waals surface area contributed by atoms with E-state index >= 15 is 0 Å². The molecule has 1 amide bonds. The number of amides is 1. The number of nitrogens with zero attached hydrogens (tertiary/aromatic N) is 1. The van der Waals surface area contributed by atoms with Crippen molar-refractivity contribution >= 4 is 23.1 Å². The van der Waals surface area contributed by atoms with E-state index in [9.17, 15) is 4.79 Å². The third-order valence-corrected chi connectivity index (χ3v) is 3.83. The fraction of sp³-hybridized carbons (Fsp3) is 0.833. The van der Waals surface area contributed by atoms with E-state index in [1.807, 2.05) is 18.7 Å². The lowest BCUT2D eigenvalue weighted by Gasteiger charge is -2.43. The van der Waals surface area contributed by atoms with Crippen LogP contribution in [0.4, 0.5) is 0 Å². The van der Waals surface area contributed by atoms with Crippen LogP contribution in [0.5, 0.6) is 0 Å². The van der Waals surface area contributed by atoms with Gasteiger partial charge in [0, 0.05) is 12.6 Å². The first-order valence-electron chi connectivity index (χ1n) is 6.06. The first kappa shape index (κ1) is 13.4. The molecule has 1 aliphatic rings. The lowest BCUT2D eigenvalue weighted by Crippen LogP contribution is -2.56. The predicted molar refractivity (Wildman–Crippen MR) is 70.2 cm³/mol. The van der Waals surface area contributed by atoms with Gasteiger partial charge in [0.2, 0.25) is 5.91 Å². The fourth-order valence-electron chi connectivity index (χ4n) is 2.21. The summed E-state index contributed by atoms with van der Waals surface area (Å²) in [5.41, 5.74) is 5.23. The van der Waals surface area contributed by atoms with Crippen molar-refractivity contribution in [3.63, 3.8) is 0 Å². The third-order valence-electron chi connectivity index (χ3n) is 3.44. The van der Waals surface area contributed by atoms with Crippen LogP contribution in [0.3, 0.4) is 0 Å². The number of rotatable bonds is 5. The Morgan fingerprint density at radius 2 is 2.06 bits per heavy atom. The Bertz CT molecular complexity index is 285. The summed E-state index contributed by atoms with van der Waals surface area (Å²) in [6.45, 7) is 6.96. The molecule has 0 aliphatic heterocycles. The third kappa shape index (κ3) is 2.21. The van der Waals surface area contributed by atoms with Gasteiger partial charge >= 0.3 is 0 Å². The molecule has 0 spiro atoms. The maximum atomic E-state index is 12.5. The fourth-order valence-corrected chi connectivity index (χ4v) is 2.50. The second-order valence-corrected chi connectivity index (χ2v) is 5.33. The number of hydrogen-bond acceptors (Lipinski definition) is 2. The van der Waals surface area contributed by atoms with Gasteiger partial charge in [-0.3, -0.25) is 4.79 Å². The lowest BCUT2D eigenvalue weighted by molar-refractivity contribution is -0.143. The number of carbonyl (C=O) groups is 1. The SMILES string of the molecule is CCCN(C(=O)C1(C(N)=S)CCC1)C(C)C. The number of hydrogen-bond donors (Lipinski definition) is 1. The van der Waals surface area contributed by atoms with E-state index in [2.05, 4.69) is 6.92 Å². The summed E-state index contributed by atoms with van der Waals surface area (Å²) < 4.78 is 0. The molecule has 4 heteroatoms. The van der Waals surface area contributed by atoms with Crippen LogP contribution in [0, 0.1) is 5.41 Å². The van der Waals surface area contributed by atoms with Crippen molar-refractivity contribution in [1.82, 2.24) is 4.90 Å². The van der Waals surface area contributed by atoms with Gasteiger partial charge in [-0.2, -0.15) is 0 Å².